The van der Waals surface area contributed by atoms with Crippen molar-refractivity contribution in [2.45, 2.75) is 6.42 Å². The minimum absolute atomic E-state index is 0.716. The lowest BCUT2D eigenvalue weighted by Gasteiger charge is -1.88. The number of rotatable bonds is 3. The van der Waals surface area contributed by atoms with E-state index in [-0.39, 0.29) is 0 Å². The quantitative estimate of drug-likeness (QED) is 0.574. The zero-order valence-corrected chi connectivity index (χ0v) is 6.29. The van der Waals surface area contributed by atoms with Gasteiger partial charge in [-0.25, -0.2) is 0 Å². The number of H-pyrrole nitrogens is 1. The zero-order chi connectivity index (χ0) is 7.40. The molecule has 0 bridgehead atoms. The fourth-order valence-corrected chi connectivity index (χ4v) is 0.737. The first-order valence-corrected chi connectivity index (χ1v) is 3.21. The van der Waals surface area contributed by atoms with Crippen LogP contribution in [0.25, 0.3) is 0 Å². The largest absolute Gasteiger partial charge is 0.384 e. The number of aromatic amines is 1. The smallest absolute Gasteiger partial charge is 0.306 e. The molecule has 0 amide bonds. The second-order valence-corrected chi connectivity index (χ2v) is 2.16. The van der Waals surface area contributed by atoms with Crippen LogP contribution in [-0.4, -0.2) is 23.8 Å². The van der Waals surface area contributed by atoms with Gasteiger partial charge in [0.2, 0.25) is 0 Å². The van der Waals surface area contributed by atoms with Gasteiger partial charge in [-0.05, 0) is 4.98 Å². The molecule has 0 aromatic carbocycles. The maximum absolute atomic E-state index is 4.89. The van der Waals surface area contributed by atoms with Crippen LogP contribution in [0.3, 0.4) is 0 Å². The van der Waals surface area contributed by atoms with E-state index in [2.05, 4.69) is 10.1 Å². The number of nitrogens with zero attached hydrogens (tertiary/aromatic N) is 2. The monoisotopic (exact) mass is 142 g/mol. The predicted molar refractivity (Wildman–Crippen MR) is 35.3 cm³/mol. The normalized spacial score (nSPS) is 10.2. The summed E-state index contributed by atoms with van der Waals surface area (Å²) in [7, 11) is 3.59. The molecular formula is C6H12N3O+. The molecule has 0 aliphatic rings. The summed E-state index contributed by atoms with van der Waals surface area (Å²) in [5.41, 5.74) is 0. The summed E-state index contributed by atoms with van der Waals surface area (Å²) in [5.74, 6) is 0.962. The molecule has 1 aromatic rings. The minimum atomic E-state index is 0.716. The van der Waals surface area contributed by atoms with Gasteiger partial charge in [-0.2, -0.15) is 9.78 Å². The van der Waals surface area contributed by atoms with E-state index in [1.165, 1.54) is 0 Å². The number of hydrogen-bond donors (Lipinski definition) is 1. The van der Waals surface area contributed by atoms with Crippen molar-refractivity contribution < 1.29 is 9.42 Å². The summed E-state index contributed by atoms with van der Waals surface area (Å²) in [6.45, 7) is 0.716. The van der Waals surface area contributed by atoms with E-state index in [9.17, 15) is 0 Å². The molecule has 4 nitrogen and oxygen atoms in total. The highest BCUT2D eigenvalue weighted by atomic mass is 16.5. The number of nitrogens with one attached hydrogen (secondary N) is 1. The van der Waals surface area contributed by atoms with Gasteiger partial charge in [0.15, 0.2) is 0 Å². The number of aromatic nitrogens is 3. The molecule has 1 aromatic heterocycles. The van der Waals surface area contributed by atoms with E-state index in [4.69, 9.17) is 4.74 Å². The maximum Gasteiger partial charge on any atom is 0.306 e. The maximum atomic E-state index is 4.89. The van der Waals surface area contributed by atoms with Crippen LogP contribution in [0, 0.1) is 0 Å². The third-order valence-electron chi connectivity index (χ3n) is 1.24. The molecule has 10 heavy (non-hydrogen) atoms. The Morgan fingerprint density at radius 1 is 1.80 bits per heavy atom. The van der Waals surface area contributed by atoms with Crippen molar-refractivity contribution in [2.24, 2.45) is 7.05 Å². The molecule has 0 unspecified atom stereocenters. The standard InChI is InChI=1S/C6H11N3O/c1-9-5-7-6(8-9)3-4-10-2/h5H,3-4H2,1-2H3/p+1. The Hall–Kier alpha value is -0.900. The fourth-order valence-electron chi connectivity index (χ4n) is 0.737. The van der Waals surface area contributed by atoms with E-state index in [1.807, 2.05) is 11.7 Å². The molecule has 0 saturated carbocycles. The molecule has 56 valence electrons. The van der Waals surface area contributed by atoms with Crippen molar-refractivity contribution in [2.75, 3.05) is 13.7 Å². The van der Waals surface area contributed by atoms with Gasteiger partial charge in [-0.1, -0.05) is 0 Å². The van der Waals surface area contributed by atoms with Crippen molar-refractivity contribution in [3.8, 4) is 0 Å². The lowest BCUT2D eigenvalue weighted by Crippen LogP contribution is -2.28. The van der Waals surface area contributed by atoms with E-state index >= 15 is 0 Å². The average Bonchev–Trinajstić information content (AvgIpc) is 2.31. The predicted octanol–water partition coefficient (Wildman–Crippen LogP) is -0.577. The molecule has 0 spiro atoms. The average molecular weight is 142 g/mol. The van der Waals surface area contributed by atoms with Gasteiger partial charge < -0.3 is 4.74 Å². The summed E-state index contributed by atoms with van der Waals surface area (Å²) in [4.78, 5) is 4.08. The Labute approximate surface area is 59.8 Å². The molecule has 1 N–H and O–H groups in total. The highest BCUT2D eigenvalue weighted by molar-refractivity contribution is 4.75. The first-order valence-electron chi connectivity index (χ1n) is 3.21. The SMILES string of the molecule is COCCc1nc[n+](C)[nH]1. The molecule has 0 radical (unpaired) electrons. The molecule has 1 rings (SSSR count). The summed E-state index contributed by atoms with van der Waals surface area (Å²) < 4.78 is 6.70. The zero-order valence-electron chi connectivity index (χ0n) is 6.29. The number of ether oxygens (including phenoxy) is 1. The highest BCUT2D eigenvalue weighted by Crippen LogP contribution is 1.84. The lowest BCUT2D eigenvalue weighted by atomic mass is 10.4. The lowest BCUT2D eigenvalue weighted by molar-refractivity contribution is -0.728. The van der Waals surface area contributed by atoms with Crippen LogP contribution in [0.4, 0.5) is 0 Å². The summed E-state index contributed by atoms with van der Waals surface area (Å²) in [6, 6.07) is 0. The summed E-state index contributed by atoms with van der Waals surface area (Å²) >= 11 is 0. The summed E-state index contributed by atoms with van der Waals surface area (Å²) in [6.07, 6.45) is 2.59. The molecule has 0 atom stereocenters. The minimum Gasteiger partial charge on any atom is -0.384 e. The van der Waals surface area contributed by atoms with Crippen LogP contribution in [0.15, 0.2) is 6.33 Å². The Balaban J connectivity index is 2.42. The van der Waals surface area contributed by atoms with Crippen molar-refractivity contribution in [1.29, 1.82) is 0 Å². The molecule has 4 heteroatoms. The van der Waals surface area contributed by atoms with Gasteiger partial charge in [-0.3, -0.25) is 0 Å². The highest BCUT2D eigenvalue weighted by Gasteiger charge is 2.03. The topological polar surface area (TPSA) is 41.8 Å². The second-order valence-electron chi connectivity index (χ2n) is 2.16. The van der Waals surface area contributed by atoms with Crippen LogP contribution in [-0.2, 0) is 18.2 Å². The Kier molecular flexibility index (Phi) is 2.39. The summed E-state index contributed by atoms with van der Waals surface area (Å²) in [5, 5.41) is 3.04. The number of aryl methyl sites for hydroxylation is 1. The molecule has 0 saturated heterocycles. The van der Waals surface area contributed by atoms with E-state index in [0.29, 0.717) is 6.61 Å². The molecule has 0 aliphatic heterocycles. The van der Waals surface area contributed by atoms with Gasteiger partial charge in [-0.15, -0.1) is 0 Å². The van der Waals surface area contributed by atoms with Crippen molar-refractivity contribution in [3.63, 3.8) is 0 Å². The third kappa shape index (κ3) is 1.80. The molecular weight excluding hydrogens is 130 g/mol. The molecule has 0 aliphatic carbocycles. The van der Waals surface area contributed by atoms with Gasteiger partial charge in [0, 0.05) is 7.11 Å². The first kappa shape index (κ1) is 7.21. The van der Waals surface area contributed by atoms with Crippen LogP contribution in [0.1, 0.15) is 5.82 Å². The fraction of sp³-hybridized carbons (Fsp3) is 0.667. The van der Waals surface area contributed by atoms with Crippen molar-refractivity contribution in [1.82, 2.24) is 10.1 Å². The van der Waals surface area contributed by atoms with Crippen LogP contribution in [0.2, 0.25) is 0 Å². The van der Waals surface area contributed by atoms with Gasteiger partial charge in [0.25, 0.3) is 5.82 Å². The molecule has 1 heterocycles. The van der Waals surface area contributed by atoms with Gasteiger partial charge in [0.05, 0.1) is 13.0 Å². The Bertz CT molecular complexity index is 197. The first-order chi connectivity index (χ1) is 4.83. The number of methoxy groups -OCH3 is 1. The van der Waals surface area contributed by atoms with E-state index in [1.54, 1.807) is 13.4 Å². The van der Waals surface area contributed by atoms with Crippen molar-refractivity contribution in [3.05, 3.63) is 12.2 Å². The Morgan fingerprint density at radius 2 is 2.60 bits per heavy atom. The van der Waals surface area contributed by atoms with Crippen molar-refractivity contribution >= 4 is 0 Å². The van der Waals surface area contributed by atoms with E-state index in [0.717, 1.165) is 12.2 Å². The van der Waals surface area contributed by atoms with E-state index < -0.39 is 0 Å². The van der Waals surface area contributed by atoms with Crippen LogP contribution in [0.5, 0.6) is 0 Å². The van der Waals surface area contributed by atoms with Gasteiger partial charge >= 0.3 is 6.33 Å². The third-order valence-corrected chi connectivity index (χ3v) is 1.24. The number of hydrogen-bond acceptors (Lipinski definition) is 2. The van der Waals surface area contributed by atoms with Gasteiger partial charge in [0.1, 0.15) is 7.05 Å². The second kappa shape index (κ2) is 3.31. The Morgan fingerprint density at radius 3 is 3.10 bits per heavy atom. The van der Waals surface area contributed by atoms with Crippen LogP contribution >= 0.6 is 0 Å². The van der Waals surface area contributed by atoms with Crippen LogP contribution < -0.4 is 4.68 Å². The molecule has 0 fully saturated rings.